The van der Waals surface area contributed by atoms with E-state index in [0.717, 1.165) is 29.7 Å². The maximum atomic E-state index is 12.2. The summed E-state index contributed by atoms with van der Waals surface area (Å²) >= 11 is 5.91. The van der Waals surface area contributed by atoms with Gasteiger partial charge in [0.25, 0.3) is 0 Å². The molecule has 1 amide bonds. The van der Waals surface area contributed by atoms with Gasteiger partial charge < -0.3 is 14.8 Å². The van der Waals surface area contributed by atoms with Crippen LogP contribution in [0.5, 0.6) is 5.75 Å². The van der Waals surface area contributed by atoms with Crippen LogP contribution in [-0.4, -0.2) is 37.4 Å². The molecule has 2 aromatic carbocycles. The van der Waals surface area contributed by atoms with Crippen molar-refractivity contribution in [1.82, 2.24) is 5.32 Å². The molecule has 7 heteroatoms. The number of esters is 1. The second-order valence-corrected chi connectivity index (χ2v) is 7.67. The van der Waals surface area contributed by atoms with Crippen LogP contribution >= 0.6 is 11.6 Å². The van der Waals surface area contributed by atoms with Gasteiger partial charge in [0.15, 0.2) is 12.4 Å². The van der Waals surface area contributed by atoms with Gasteiger partial charge in [0.1, 0.15) is 5.75 Å². The van der Waals surface area contributed by atoms with Crippen LogP contribution in [0.25, 0.3) is 0 Å². The molecule has 0 aromatic heterocycles. The molecule has 2 rings (SSSR count). The first-order chi connectivity index (χ1) is 14.8. The smallest absolute Gasteiger partial charge is 0.306 e. The van der Waals surface area contributed by atoms with Crippen LogP contribution in [0.1, 0.15) is 47.7 Å². The van der Waals surface area contributed by atoms with Crippen LogP contribution in [0.2, 0.25) is 5.02 Å². The lowest BCUT2D eigenvalue weighted by Crippen LogP contribution is -2.21. The summed E-state index contributed by atoms with van der Waals surface area (Å²) in [6, 6.07) is 12.6. The summed E-state index contributed by atoms with van der Waals surface area (Å²) in [4.78, 5) is 34.9. The van der Waals surface area contributed by atoms with Crippen LogP contribution in [0, 0.1) is 6.92 Å². The third kappa shape index (κ3) is 9.22. The molecule has 0 aliphatic carbocycles. The first-order valence-corrected chi connectivity index (χ1v) is 10.6. The molecule has 0 heterocycles. The number of nitrogens with one attached hydrogen (secondary N) is 1. The lowest BCUT2D eigenvalue weighted by Gasteiger charge is -2.09. The third-order valence-corrected chi connectivity index (χ3v) is 4.81. The monoisotopic (exact) mass is 445 g/mol. The topological polar surface area (TPSA) is 81.7 Å². The largest absolute Gasteiger partial charge is 0.493 e. The first kappa shape index (κ1) is 24.4. The van der Waals surface area contributed by atoms with Gasteiger partial charge in [0.2, 0.25) is 5.91 Å². The Morgan fingerprint density at radius 2 is 1.77 bits per heavy atom. The molecular formula is C24H28ClNO5. The fraction of sp³-hybridized carbons (Fsp3) is 0.375. The average molecular weight is 446 g/mol. The molecular weight excluding hydrogens is 418 g/mol. The maximum absolute atomic E-state index is 12.2. The van der Waals surface area contributed by atoms with Gasteiger partial charge in [0, 0.05) is 30.5 Å². The van der Waals surface area contributed by atoms with E-state index in [9.17, 15) is 14.4 Å². The Morgan fingerprint density at radius 1 is 1.03 bits per heavy atom. The van der Waals surface area contributed by atoms with E-state index in [1.165, 1.54) is 6.92 Å². The Hall–Kier alpha value is -2.86. The number of hydrogen-bond donors (Lipinski definition) is 1. The molecule has 0 bridgehead atoms. The van der Waals surface area contributed by atoms with E-state index in [1.807, 2.05) is 25.1 Å². The zero-order valence-electron chi connectivity index (χ0n) is 17.9. The van der Waals surface area contributed by atoms with Gasteiger partial charge in [0.05, 0.1) is 6.61 Å². The van der Waals surface area contributed by atoms with Crippen molar-refractivity contribution in [3.05, 3.63) is 64.2 Å². The van der Waals surface area contributed by atoms with E-state index >= 15 is 0 Å². The molecule has 0 fully saturated rings. The Balaban J connectivity index is 1.64. The number of carbonyl (C=O) groups is 3. The number of carbonyl (C=O) groups excluding carboxylic acids is 3. The van der Waals surface area contributed by atoms with E-state index in [2.05, 4.69) is 5.32 Å². The predicted octanol–water partition coefficient (Wildman–Crippen LogP) is 4.30. The van der Waals surface area contributed by atoms with E-state index in [-0.39, 0.29) is 24.7 Å². The number of ketones is 1. The highest BCUT2D eigenvalue weighted by Crippen LogP contribution is 2.22. The highest BCUT2D eigenvalue weighted by atomic mass is 35.5. The van der Waals surface area contributed by atoms with Gasteiger partial charge >= 0.3 is 5.97 Å². The number of aryl methyl sites for hydroxylation is 2. The molecule has 2 aromatic rings. The zero-order valence-corrected chi connectivity index (χ0v) is 18.7. The van der Waals surface area contributed by atoms with Crippen LogP contribution in [0.3, 0.4) is 0 Å². The summed E-state index contributed by atoms with van der Waals surface area (Å²) in [5.74, 6) is 0.0109. The number of benzene rings is 2. The van der Waals surface area contributed by atoms with E-state index < -0.39 is 5.97 Å². The Morgan fingerprint density at radius 3 is 2.45 bits per heavy atom. The minimum absolute atomic E-state index is 0.0420. The number of halogens is 1. The van der Waals surface area contributed by atoms with Crippen molar-refractivity contribution >= 4 is 29.3 Å². The number of rotatable bonds is 12. The van der Waals surface area contributed by atoms with E-state index in [0.29, 0.717) is 30.2 Å². The van der Waals surface area contributed by atoms with Crippen molar-refractivity contribution in [2.45, 2.75) is 39.5 Å². The molecule has 0 atom stereocenters. The van der Waals surface area contributed by atoms with Gasteiger partial charge in [-0.25, -0.2) is 0 Å². The number of ether oxygens (including phenoxy) is 2. The van der Waals surface area contributed by atoms with Crippen molar-refractivity contribution in [2.24, 2.45) is 0 Å². The Kier molecular flexibility index (Phi) is 10.0. The quantitative estimate of drug-likeness (QED) is 0.299. The Labute approximate surface area is 187 Å². The van der Waals surface area contributed by atoms with Crippen molar-refractivity contribution in [3.8, 4) is 5.75 Å². The van der Waals surface area contributed by atoms with Crippen molar-refractivity contribution in [2.75, 3.05) is 19.8 Å². The molecule has 0 aliphatic heterocycles. The van der Waals surface area contributed by atoms with Gasteiger partial charge in [-0.2, -0.15) is 0 Å². The molecule has 166 valence electrons. The van der Waals surface area contributed by atoms with Crippen molar-refractivity contribution in [3.63, 3.8) is 0 Å². The molecule has 0 spiro atoms. The molecule has 0 aliphatic rings. The van der Waals surface area contributed by atoms with Crippen LogP contribution in [-0.2, 0) is 20.7 Å². The standard InChI is InChI=1S/C24H28ClNO5/c1-17-15-21(25)11-12-23(17)30-14-4-6-24(29)31-16-22(28)20-9-7-19(8-10-20)5-3-13-26-18(2)27/h7-12,15H,3-6,13-14,16H2,1-2H3,(H,26,27). The van der Waals surface area contributed by atoms with E-state index in [4.69, 9.17) is 21.1 Å². The zero-order chi connectivity index (χ0) is 22.6. The number of amides is 1. The lowest BCUT2D eigenvalue weighted by atomic mass is 10.1. The maximum Gasteiger partial charge on any atom is 0.306 e. The fourth-order valence-electron chi connectivity index (χ4n) is 2.89. The van der Waals surface area contributed by atoms with Crippen LogP contribution in [0.4, 0.5) is 0 Å². The Bertz CT molecular complexity index is 895. The molecule has 0 saturated carbocycles. The van der Waals surface area contributed by atoms with Crippen LogP contribution < -0.4 is 10.1 Å². The second kappa shape index (κ2) is 12.7. The summed E-state index contributed by atoms with van der Waals surface area (Å²) in [6.45, 7) is 4.10. The molecule has 0 radical (unpaired) electrons. The minimum Gasteiger partial charge on any atom is -0.493 e. The summed E-state index contributed by atoms with van der Waals surface area (Å²) in [7, 11) is 0. The van der Waals surface area contributed by atoms with Gasteiger partial charge in [-0.3, -0.25) is 14.4 Å². The highest BCUT2D eigenvalue weighted by Gasteiger charge is 2.10. The average Bonchev–Trinajstić information content (AvgIpc) is 2.74. The number of hydrogen-bond acceptors (Lipinski definition) is 5. The minimum atomic E-state index is -0.431. The molecule has 0 unspecified atom stereocenters. The van der Waals surface area contributed by atoms with Gasteiger partial charge in [-0.05, 0) is 55.5 Å². The molecule has 1 N–H and O–H groups in total. The first-order valence-electron chi connectivity index (χ1n) is 10.3. The van der Waals surface area contributed by atoms with Crippen molar-refractivity contribution < 1.29 is 23.9 Å². The third-order valence-electron chi connectivity index (χ3n) is 4.58. The van der Waals surface area contributed by atoms with Crippen molar-refractivity contribution in [1.29, 1.82) is 0 Å². The summed E-state index contributed by atoms with van der Waals surface area (Å²) in [5.41, 5.74) is 2.51. The SMILES string of the molecule is CC(=O)NCCCc1ccc(C(=O)COC(=O)CCCOc2ccc(Cl)cc2C)cc1. The number of Topliss-reactive ketones (excluding diaryl/α,β-unsaturated/α-hetero) is 1. The van der Waals surface area contributed by atoms with Crippen LogP contribution in [0.15, 0.2) is 42.5 Å². The lowest BCUT2D eigenvalue weighted by molar-refractivity contribution is -0.142. The van der Waals surface area contributed by atoms with Gasteiger partial charge in [-0.1, -0.05) is 35.9 Å². The molecule has 31 heavy (non-hydrogen) atoms. The van der Waals surface area contributed by atoms with E-state index in [1.54, 1.807) is 24.3 Å². The van der Waals surface area contributed by atoms with Gasteiger partial charge in [-0.15, -0.1) is 0 Å². The molecule has 6 nitrogen and oxygen atoms in total. The second-order valence-electron chi connectivity index (χ2n) is 7.23. The molecule has 0 saturated heterocycles. The fourth-order valence-corrected chi connectivity index (χ4v) is 3.12. The summed E-state index contributed by atoms with van der Waals surface area (Å²) in [5, 5.41) is 3.40. The predicted molar refractivity (Wildman–Crippen MR) is 120 cm³/mol. The normalized spacial score (nSPS) is 10.4. The summed E-state index contributed by atoms with van der Waals surface area (Å²) in [6.07, 6.45) is 2.29. The summed E-state index contributed by atoms with van der Waals surface area (Å²) < 4.78 is 10.7. The highest BCUT2D eigenvalue weighted by molar-refractivity contribution is 6.30.